The van der Waals surface area contributed by atoms with Crippen molar-refractivity contribution in [1.29, 1.82) is 0 Å². The number of benzene rings is 1. The maximum atomic E-state index is 5.72. The standard InChI is InChI=1S/C13H17N3O/c14-10-4-5-11-12(8-10)17-13(15-11)9-16-6-2-1-3-7-16/h4-5,8H,1-3,6-7,9,14H2. The number of hydrogen-bond acceptors (Lipinski definition) is 4. The molecule has 3 rings (SSSR count). The second-order valence-electron chi connectivity index (χ2n) is 4.67. The first-order chi connectivity index (χ1) is 8.31. The van der Waals surface area contributed by atoms with Gasteiger partial charge in [-0.3, -0.25) is 4.90 Å². The van der Waals surface area contributed by atoms with Gasteiger partial charge >= 0.3 is 0 Å². The third-order valence-electron chi connectivity index (χ3n) is 3.26. The van der Waals surface area contributed by atoms with E-state index in [9.17, 15) is 0 Å². The molecule has 0 unspecified atom stereocenters. The quantitative estimate of drug-likeness (QED) is 0.806. The number of oxazole rings is 1. The monoisotopic (exact) mass is 231 g/mol. The summed E-state index contributed by atoms with van der Waals surface area (Å²) in [5.74, 6) is 0.799. The van der Waals surface area contributed by atoms with Gasteiger partial charge in [0.25, 0.3) is 0 Å². The maximum Gasteiger partial charge on any atom is 0.209 e. The average Bonchev–Trinajstić information content (AvgIpc) is 2.71. The molecule has 1 aliphatic heterocycles. The third-order valence-corrected chi connectivity index (χ3v) is 3.26. The number of fused-ring (bicyclic) bond motifs is 1. The Hall–Kier alpha value is -1.55. The molecule has 1 aromatic carbocycles. The molecular formula is C13H17N3O. The molecule has 0 radical (unpaired) electrons. The normalized spacial score (nSPS) is 17.6. The van der Waals surface area contributed by atoms with Crippen LogP contribution in [0.5, 0.6) is 0 Å². The van der Waals surface area contributed by atoms with E-state index in [1.807, 2.05) is 18.2 Å². The van der Waals surface area contributed by atoms with Crippen molar-refractivity contribution in [2.24, 2.45) is 0 Å². The zero-order valence-corrected chi connectivity index (χ0v) is 9.85. The van der Waals surface area contributed by atoms with Crippen molar-refractivity contribution in [3.05, 3.63) is 24.1 Å². The summed E-state index contributed by atoms with van der Waals surface area (Å²) in [5.41, 5.74) is 8.12. The molecule has 1 aliphatic rings. The van der Waals surface area contributed by atoms with E-state index >= 15 is 0 Å². The molecule has 90 valence electrons. The van der Waals surface area contributed by atoms with Gasteiger partial charge in [-0.1, -0.05) is 6.42 Å². The molecule has 0 aliphatic carbocycles. The fourth-order valence-electron chi connectivity index (χ4n) is 2.37. The predicted molar refractivity (Wildman–Crippen MR) is 67.5 cm³/mol. The van der Waals surface area contributed by atoms with Crippen molar-refractivity contribution in [3.63, 3.8) is 0 Å². The van der Waals surface area contributed by atoms with Crippen LogP contribution in [0.3, 0.4) is 0 Å². The number of nitrogens with zero attached hydrogens (tertiary/aromatic N) is 2. The summed E-state index contributed by atoms with van der Waals surface area (Å²) >= 11 is 0. The largest absolute Gasteiger partial charge is 0.439 e. The molecule has 0 spiro atoms. The van der Waals surface area contributed by atoms with Crippen molar-refractivity contribution in [2.45, 2.75) is 25.8 Å². The lowest BCUT2D eigenvalue weighted by Gasteiger charge is -2.24. The van der Waals surface area contributed by atoms with E-state index in [4.69, 9.17) is 10.2 Å². The van der Waals surface area contributed by atoms with Crippen molar-refractivity contribution < 1.29 is 4.42 Å². The summed E-state index contributed by atoms with van der Waals surface area (Å²) in [6.45, 7) is 3.12. The van der Waals surface area contributed by atoms with E-state index in [-0.39, 0.29) is 0 Å². The number of nitrogens with two attached hydrogens (primary N) is 1. The first-order valence-corrected chi connectivity index (χ1v) is 6.18. The third kappa shape index (κ3) is 2.26. The first kappa shape index (κ1) is 10.6. The predicted octanol–water partition coefficient (Wildman–Crippen LogP) is 2.40. The van der Waals surface area contributed by atoms with E-state index in [0.717, 1.165) is 42.3 Å². The average molecular weight is 231 g/mol. The lowest BCUT2D eigenvalue weighted by atomic mass is 10.1. The molecule has 1 saturated heterocycles. The number of likely N-dealkylation sites (tertiary alicyclic amines) is 1. The Bertz CT molecular complexity index is 514. The Kier molecular flexibility index (Phi) is 2.73. The number of anilines is 1. The summed E-state index contributed by atoms with van der Waals surface area (Å²) in [4.78, 5) is 6.88. The second-order valence-corrected chi connectivity index (χ2v) is 4.67. The zero-order valence-electron chi connectivity index (χ0n) is 9.85. The first-order valence-electron chi connectivity index (χ1n) is 6.18. The van der Waals surface area contributed by atoms with Gasteiger partial charge in [-0.2, -0.15) is 0 Å². The maximum absolute atomic E-state index is 5.72. The van der Waals surface area contributed by atoms with Gasteiger partial charge in [0.1, 0.15) is 5.52 Å². The Morgan fingerprint density at radius 2 is 2.06 bits per heavy atom. The molecule has 4 heteroatoms. The molecule has 0 atom stereocenters. The van der Waals surface area contributed by atoms with E-state index in [1.165, 1.54) is 19.3 Å². The van der Waals surface area contributed by atoms with Crippen LogP contribution in [0.2, 0.25) is 0 Å². The second kappa shape index (κ2) is 4.37. The van der Waals surface area contributed by atoms with Crippen LogP contribution in [-0.4, -0.2) is 23.0 Å². The summed E-state index contributed by atoms with van der Waals surface area (Å²) < 4.78 is 5.72. The SMILES string of the molecule is Nc1ccc2nc(CN3CCCCC3)oc2c1. The highest BCUT2D eigenvalue weighted by Gasteiger charge is 2.14. The molecule has 2 heterocycles. The van der Waals surface area contributed by atoms with Gasteiger partial charge in [0.2, 0.25) is 5.89 Å². The Labute approximate surface area is 100 Å². The molecule has 0 amide bonds. The lowest BCUT2D eigenvalue weighted by molar-refractivity contribution is 0.203. The van der Waals surface area contributed by atoms with E-state index in [0.29, 0.717) is 0 Å². The van der Waals surface area contributed by atoms with Crippen molar-refractivity contribution in [2.75, 3.05) is 18.8 Å². The van der Waals surface area contributed by atoms with Crippen molar-refractivity contribution in [3.8, 4) is 0 Å². The molecule has 2 aromatic rings. The molecular weight excluding hydrogens is 214 g/mol. The van der Waals surface area contributed by atoms with Crippen LogP contribution in [0.15, 0.2) is 22.6 Å². The highest BCUT2D eigenvalue weighted by atomic mass is 16.3. The fraction of sp³-hybridized carbons (Fsp3) is 0.462. The van der Waals surface area contributed by atoms with Gasteiger partial charge in [-0.15, -0.1) is 0 Å². The minimum absolute atomic E-state index is 0.721. The molecule has 0 bridgehead atoms. The Morgan fingerprint density at radius 3 is 2.88 bits per heavy atom. The summed E-state index contributed by atoms with van der Waals surface area (Å²) in [6.07, 6.45) is 3.92. The van der Waals surface area contributed by atoms with E-state index < -0.39 is 0 Å². The van der Waals surface area contributed by atoms with Crippen LogP contribution in [0, 0.1) is 0 Å². The van der Waals surface area contributed by atoms with Crippen LogP contribution in [0.1, 0.15) is 25.2 Å². The number of rotatable bonds is 2. The molecule has 0 saturated carbocycles. The fourth-order valence-corrected chi connectivity index (χ4v) is 2.37. The van der Waals surface area contributed by atoms with Gasteiger partial charge in [0.05, 0.1) is 6.54 Å². The highest BCUT2D eigenvalue weighted by molar-refractivity contribution is 5.76. The Balaban J connectivity index is 1.80. The van der Waals surface area contributed by atoms with Gasteiger partial charge in [0.15, 0.2) is 5.58 Å². The van der Waals surface area contributed by atoms with Gasteiger partial charge < -0.3 is 10.2 Å². The number of nitrogen functional groups attached to an aromatic ring is 1. The zero-order chi connectivity index (χ0) is 11.7. The number of piperidine rings is 1. The van der Waals surface area contributed by atoms with Crippen molar-refractivity contribution in [1.82, 2.24) is 9.88 Å². The highest BCUT2D eigenvalue weighted by Crippen LogP contribution is 2.20. The summed E-state index contributed by atoms with van der Waals surface area (Å²) in [5, 5.41) is 0. The summed E-state index contributed by atoms with van der Waals surface area (Å²) in [6, 6.07) is 5.60. The Morgan fingerprint density at radius 1 is 1.24 bits per heavy atom. The number of aromatic nitrogens is 1. The lowest BCUT2D eigenvalue weighted by Crippen LogP contribution is -2.29. The van der Waals surface area contributed by atoms with Crippen LogP contribution in [-0.2, 0) is 6.54 Å². The molecule has 1 fully saturated rings. The molecule has 2 N–H and O–H groups in total. The van der Waals surface area contributed by atoms with Crippen LogP contribution in [0.4, 0.5) is 5.69 Å². The minimum Gasteiger partial charge on any atom is -0.439 e. The van der Waals surface area contributed by atoms with Crippen molar-refractivity contribution >= 4 is 16.8 Å². The topological polar surface area (TPSA) is 55.3 Å². The van der Waals surface area contributed by atoms with Crippen LogP contribution >= 0.6 is 0 Å². The van der Waals surface area contributed by atoms with Gasteiger partial charge in [0, 0.05) is 11.8 Å². The van der Waals surface area contributed by atoms with Crippen LogP contribution in [0.25, 0.3) is 11.1 Å². The van der Waals surface area contributed by atoms with Crippen LogP contribution < -0.4 is 5.73 Å². The minimum atomic E-state index is 0.721. The smallest absolute Gasteiger partial charge is 0.209 e. The molecule has 1 aromatic heterocycles. The summed E-state index contributed by atoms with van der Waals surface area (Å²) in [7, 11) is 0. The molecule has 17 heavy (non-hydrogen) atoms. The molecule has 4 nitrogen and oxygen atoms in total. The van der Waals surface area contributed by atoms with Gasteiger partial charge in [-0.25, -0.2) is 4.98 Å². The van der Waals surface area contributed by atoms with E-state index in [1.54, 1.807) is 0 Å². The van der Waals surface area contributed by atoms with Gasteiger partial charge in [-0.05, 0) is 38.1 Å². The number of hydrogen-bond donors (Lipinski definition) is 1. The van der Waals surface area contributed by atoms with E-state index in [2.05, 4.69) is 9.88 Å².